The number of piperidine rings is 1. The average Bonchev–Trinajstić information content (AvgIpc) is 2.67. The summed E-state index contributed by atoms with van der Waals surface area (Å²) in [7, 11) is 0. The van der Waals surface area contributed by atoms with E-state index in [2.05, 4.69) is 18.7 Å². The van der Waals surface area contributed by atoms with Gasteiger partial charge in [-0.15, -0.1) is 12.4 Å². The van der Waals surface area contributed by atoms with Crippen LogP contribution in [0.4, 0.5) is 0 Å². The third-order valence-electron chi connectivity index (χ3n) is 5.68. The van der Waals surface area contributed by atoms with Gasteiger partial charge in [-0.25, -0.2) is 0 Å². The number of nitrogens with zero attached hydrogens (tertiary/aromatic N) is 3. The molecule has 0 radical (unpaired) electrons. The Hall–Kier alpha value is -1.63. The average molecular weight is 409 g/mol. The maximum Gasteiger partial charge on any atom is 0.253 e. The van der Waals surface area contributed by atoms with Gasteiger partial charge in [0.05, 0.1) is 6.54 Å². The van der Waals surface area contributed by atoms with Crippen LogP contribution < -0.4 is 5.73 Å². The van der Waals surface area contributed by atoms with Gasteiger partial charge in [-0.05, 0) is 36.0 Å². The number of carbonyl (C=O) groups is 2. The van der Waals surface area contributed by atoms with Crippen LogP contribution in [0.25, 0.3) is 0 Å². The van der Waals surface area contributed by atoms with Gasteiger partial charge in [-0.3, -0.25) is 14.5 Å². The van der Waals surface area contributed by atoms with E-state index in [1.54, 1.807) is 0 Å². The van der Waals surface area contributed by atoms with E-state index in [1.807, 2.05) is 34.1 Å². The van der Waals surface area contributed by atoms with Gasteiger partial charge in [0, 0.05) is 51.4 Å². The first-order valence-electron chi connectivity index (χ1n) is 10.0. The van der Waals surface area contributed by atoms with Crippen molar-refractivity contribution in [1.29, 1.82) is 0 Å². The second kappa shape index (κ2) is 10.2. The Morgan fingerprint density at radius 1 is 0.964 bits per heavy atom. The molecular weight excluding hydrogens is 376 g/mol. The van der Waals surface area contributed by atoms with Crippen molar-refractivity contribution >= 4 is 24.2 Å². The molecular formula is C21H33ClN4O2. The molecule has 0 spiro atoms. The van der Waals surface area contributed by atoms with Gasteiger partial charge in [0.25, 0.3) is 5.91 Å². The number of amides is 2. The fourth-order valence-electron chi connectivity index (χ4n) is 4.23. The Labute approximate surface area is 174 Å². The maximum atomic E-state index is 12.6. The van der Waals surface area contributed by atoms with Gasteiger partial charge < -0.3 is 15.5 Å². The van der Waals surface area contributed by atoms with Crippen molar-refractivity contribution in [2.24, 2.45) is 17.6 Å². The quantitative estimate of drug-likeness (QED) is 0.825. The number of piperazine rings is 1. The Kier molecular flexibility index (Phi) is 8.28. The van der Waals surface area contributed by atoms with Crippen LogP contribution in [0, 0.1) is 11.8 Å². The van der Waals surface area contributed by atoms with Crippen molar-refractivity contribution in [3.63, 3.8) is 0 Å². The molecule has 0 aromatic heterocycles. The molecule has 1 aromatic rings. The van der Waals surface area contributed by atoms with Crippen LogP contribution in [0.1, 0.15) is 36.2 Å². The van der Waals surface area contributed by atoms with Gasteiger partial charge >= 0.3 is 0 Å². The number of carbonyl (C=O) groups excluding carboxylic acids is 2. The predicted molar refractivity (Wildman–Crippen MR) is 113 cm³/mol. The van der Waals surface area contributed by atoms with Crippen LogP contribution in [-0.4, -0.2) is 72.3 Å². The number of hydrogen-bond acceptors (Lipinski definition) is 4. The summed E-state index contributed by atoms with van der Waals surface area (Å²) in [5.41, 5.74) is 7.34. The number of rotatable bonds is 4. The summed E-state index contributed by atoms with van der Waals surface area (Å²) >= 11 is 0. The fourth-order valence-corrected chi connectivity index (χ4v) is 4.23. The van der Waals surface area contributed by atoms with E-state index in [0.29, 0.717) is 43.6 Å². The van der Waals surface area contributed by atoms with Crippen LogP contribution in [0.2, 0.25) is 0 Å². The number of halogens is 1. The molecule has 2 heterocycles. The number of nitrogens with two attached hydrogens (primary N) is 1. The molecule has 0 bridgehead atoms. The highest BCUT2D eigenvalue weighted by atomic mass is 35.5. The molecule has 2 saturated heterocycles. The first-order chi connectivity index (χ1) is 13.0. The molecule has 7 heteroatoms. The molecule has 2 amide bonds. The Balaban J connectivity index is 0.00000280. The lowest BCUT2D eigenvalue weighted by Gasteiger charge is -2.38. The van der Waals surface area contributed by atoms with Gasteiger partial charge in [-0.1, -0.05) is 26.0 Å². The van der Waals surface area contributed by atoms with E-state index in [-0.39, 0.29) is 24.2 Å². The second-order valence-electron chi connectivity index (χ2n) is 8.21. The van der Waals surface area contributed by atoms with Crippen LogP contribution in [-0.2, 0) is 11.3 Å². The van der Waals surface area contributed by atoms with E-state index in [1.165, 1.54) is 6.42 Å². The van der Waals surface area contributed by atoms with Crippen molar-refractivity contribution in [1.82, 2.24) is 14.7 Å². The summed E-state index contributed by atoms with van der Waals surface area (Å²) in [4.78, 5) is 31.4. The molecule has 156 valence electrons. The highest BCUT2D eigenvalue weighted by Gasteiger charge is 2.28. The van der Waals surface area contributed by atoms with Gasteiger partial charge in [0.15, 0.2) is 0 Å². The molecule has 1 aromatic carbocycles. The fraction of sp³-hybridized carbons (Fsp3) is 0.619. The van der Waals surface area contributed by atoms with Crippen LogP contribution in [0.3, 0.4) is 0 Å². The van der Waals surface area contributed by atoms with Gasteiger partial charge in [0.2, 0.25) is 5.91 Å². The minimum absolute atomic E-state index is 0. The zero-order valence-corrected chi connectivity index (χ0v) is 17.8. The number of likely N-dealkylation sites (tertiary alicyclic amines) is 1. The van der Waals surface area contributed by atoms with Gasteiger partial charge in [-0.2, -0.15) is 0 Å². The summed E-state index contributed by atoms with van der Waals surface area (Å²) in [5.74, 6) is 1.45. The molecule has 0 aliphatic carbocycles. The summed E-state index contributed by atoms with van der Waals surface area (Å²) in [6.07, 6.45) is 1.21. The van der Waals surface area contributed by atoms with Crippen molar-refractivity contribution in [3.05, 3.63) is 35.4 Å². The first-order valence-corrected chi connectivity index (χ1v) is 10.0. The summed E-state index contributed by atoms with van der Waals surface area (Å²) in [6, 6.07) is 7.50. The maximum absolute atomic E-state index is 12.6. The molecule has 3 rings (SSSR count). The van der Waals surface area contributed by atoms with Crippen molar-refractivity contribution in [2.75, 3.05) is 45.8 Å². The Morgan fingerprint density at radius 2 is 1.54 bits per heavy atom. The molecule has 2 fully saturated rings. The third-order valence-corrected chi connectivity index (χ3v) is 5.68. The van der Waals surface area contributed by atoms with Crippen LogP contribution in [0.5, 0.6) is 0 Å². The summed E-state index contributed by atoms with van der Waals surface area (Å²) in [5, 5.41) is 0. The lowest BCUT2D eigenvalue weighted by molar-refractivity contribution is -0.135. The highest BCUT2D eigenvalue weighted by Crippen LogP contribution is 2.21. The SMILES string of the molecule is CC1CC(C)CN(C(=O)CN2CCN(C(=O)c3ccc(CN)cc3)CC2)C1.Cl. The standard InChI is InChI=1S/C21H32N4O2.ClH/c1-16-11-17(2)14-25(13-16)20(26)15-23-7-9-24(10-8-23)21(27)19-5-3-18(12-22)4-6-19;/h3-6,16-17H,7-15,22H2,1-2H3;1H. The Bertz CT molecular complexity index is 649. The van der Waals surface area contributed by atoms with Crippen molar-refractivity contribution in [3.8, 4) is 0 Å². The lowest BCUT2D eigenvalue weighted by Crippen LogP contribution is -2.53. The molecule has 2 atom stereocenters. The molecule has 0 saturated carbocycles. The number of benzene rings is 1. The molecule has 2 N–H and O–H groups in total. The topological polar surface area (TPSA) is 69.9 Å². The minimum Gasteiger partial charge on any atom is -0.341 e. The first kappa shape index (κ1) is 22.7. The third kappa shape index (κ3) is 5.69. The second-order valence-corrected chi connectivity index (χ2v) is 8.21. The predicted octanol–water partition coefficient (Wildman–Crippen LogP) is 1.83. The van der Waals surface area contributed by atoms with Crippen molar-refractivity contribution < 1.29 is 9.59 Å². The van der Waals surface area contributed by atoms with Crippen molar-refractivity contribution in [2.45, 2.75) is 26.8 Å². The van der Waals surface area contributed by atoms with Crippen LogP contribution >= 0.6 is 12.4 Å². The van der Waals surface area contributed by atoms with E-state index in [9.17, 15) is 9.59 Å². The molecule has 2 unspecified atom stereocenters. The minimum atomic E-state index is 0. The molecule has 28 heavy (non-hydrogen) atoms. The smallest absolute Gasteiger partial charge is 0.253 e. The highest BCUT2D eigenvalue weighted by molar-refractivity contribution is 5.94. The van der Waals surface area contributed by atoms with E-state index in [4.69, 9.17) is 5.73 Å². The Morgan fingerprint density at radius 3 is 2.07 bits per heavy atom. The summed E-state index contributed by atoms with van der Waals surface area (Å²) < 4.78 is 0. The zero-order chi connectivity index (χ0) is 19.4. The van der Waals surface area contributed by atoms with Gasteiger partial charge in [0.1, 0.15) is 0 Å². The van der Waals surface area contributed by atoms with E-state index in [0.717, 1.165) is 31.7 Å². The largest absolute Gasteiger partial charge is 0.341 e. The monoisotopic (exact) mass is 408 g/mol. The molecule has 6 nitrogen and oxygen atoms in total. The number of hydrogen-bond donors (Lipinski definition) is 1. The lowest BCUT2D eigenvalue weighted by atomic mass is 9.92. The molecule has 2 aliphatic heterocycles. The van der Waals surface area contributed by atoms with E-state index >= 15 is 0 Å². The normalized spacial score (nSPS) is 23.2. The summed E-state index contributed by atoms with van der Waals surface area (Å²) in [6.45, 7) is 9.97. The van der Waals surface area contributed by atoms with E-state index < -0.39 is 0 Å². The molecule has 2 aliphatic rings. The van der Waals surface area contributed by atoms with Crippen LogP contribution in [0.15, 0.2) is 24.3 Å². The zero-order valence-electron chi connectivity index (χ0n) is 17.0.